The molecule has 13 heavy (non-hydrogen) atoms. The maximum Gasteiger partial charge on any atom is 0.307 e. The van der Waals surface area contributed by atoms with Gasteiger partial charge in [0.25, 0.3) is 0 Å². The van der Waals surface area contributed by atoms with E-state index in [1.54, 1.807) is 0 Å². The van der Waals surface area contributed by atoms with Crippen LogP contribution >= 0.6 is 0 Å². The number of rotatable bonds is 1. The highest BCUT2D eigenvalue weighted by Crippen LogP contribution is 2.62. The van der Waals surface area contributed by atoms with Crippen LogP contribution < -0.4 is 0 Å². The van der Waals surface area contributed by atoms with Crippen molar-refractivity contribution in [3.63, 3.8) is 0 Å². The van der Waals surface area contributed by atoms with E-state index in [4.69, 9.17) is 5.11 Å². The minimum Gasteiger partial charge on any atom is -0.481 e. The van der Waals surface area contributed by atoms with Crippen LogP contribution in [0.3, 0.4) is 0 Å². The molecule has 0 aromatic carbocycles. The van der Waals surface area contributed by atoms with Crippen molar-refractivity contribution in [3.8, 4) is 0 Å². The van der Waals surface area contributed by atoms with Crippen LogP contribution in [0.15, 0.2) is 17.3 Å². The van der Waals surface area contributed by atoms with E-state index < -0.39 is 5.97 Å². The average molecular weight is 177 g/mol. The van der Waals surface area contributed by atoms with Gasteiger partial charge in [-0.1, -0.05) is 6.08 Å². The van der Waals surface area contributed by atoms with Crippen LogP contribution in [0, 0.1) is 29.6 Å². The summed E-state index contributed by atoms with van der Waals surface area (Å²) >= 11 is 0. The van der Waals surface area contributed by atoms with E-state index in [9.17, 15) is 4.79 Å². The Bertz CT molecular complexity index is 321. The maximum atomic E-state index is 10.8. The molecule has 3 nitrogen and oxygen atoms in total. The molecule has 1 aliphatic heterocycles. The first kappa shape index (κ1) is 7.30. The van der Waals surface area contributed by atoms with E-state index in [1.165, 1.54) is 0 Å². The van der Waals surface area contributed by atoms with E-state index >= 15 is 0 Å². The summed E-state index contributed by atoms with van der Waals surface area (Å²) in [6.07, 6.45) is 6.95. The third kappa shape index (κ3) is 0.844. The summed E-state index contributed by atoms with van der Waals surface area (Å²) in [6, 6.07) is 0. The summed E-state index contributed by atoms with van der Waals surface area (Å²) in [7, 11) is 0. The standard InChI is InChI=1S/C10H11NO2/c12-10(13)9-6-3-5-1-2-11-4-7(5)8(6)9/h1-2,4-9H,3H2,(H,12,13). The van der Waals surface area contributed by atoms with Crippen molar-refractivity contribution in [2.24, 2.45) is 34.6 Å². The largest absolute Gasteiger partial charge is 0.481 e. The van der Waals surface area contributed by atoms with Crippen LogP contribution in [0.25, 0.3) is 0 Å². The molecule has 3 aliphatic rings. The number of nitrogens with zero attached hydrogens (tertiary/aromatic N) is 1. The van der Waals surface area contributed by atoms with Gasteiger partial charge in [-0.25, -0.2) is 0 Å². The molecule has 2 fully saturated rings. The zero-order valence-corrected chi connectivity index (χ0v) is 7.13. The topological polar surface area (TPSA) is 49.7 Å². The number of hydrogen-bond donors (Lipinski definition) is 1. The van der Waals surface area contributed by atoms with Gasteiger partial charge >= 0.3 is 5.97 Å². The van der Waals surface area contributed by atoms with Crippen LogP contribution in [-0.2, 0) is 4.79 Å². The van der Waals surface area contributed by atoms with Crippen LogP contribution in [0.2, 0.25) is 0 Å². The van der Waals surface area contributed by atoms with Crippen LogP contribution in [0.4, 0.5) is 0 Å². The Morgan fingerprint density at radius 1 is 1.54 bits per heavy atom. The molecule has 3 rings (SSSR count). The molecule has 0 amide bonds. The van der Waals surface area contributed by atoms with Gasteiger partial charge in [0, 0.05) is 18.3 Å². The lowest BCUT2D eigenvalue weighted by Crippen LogP contribution is -2.19. The van der Waals surface area contributed by atoms with Gasteiger partial charge in [-0.15, -0.1) is 0 Å². The number of aliphatic imine (C=N–C) groups is 1. The summed E-state index contributed by atoms with van der Waals surface area (Å²) in [4.78, 5) is 14.9. The van der Waals surface area contributed by atoms with Gasteiger partial charge in [-0.2, -0.15) is 0 Å². The second-order valence-electron chi connectivity index (χ2n) is 4.22. The predicted molar refractivity (Wildman–Crippen MR) is 47.3 cm³/mol. The fraction of sp³-hybridized carbons (Fsp3) is 0.600. The van der Waals surface area contributed by atoms with Crippen LogP contribution in [0.5, 0.6) is 0 Å². The molecule has 0 spiro atoms. The van der Waals surface area contributed by atoms with Gasteiger partial charge in [0.2, 0.25) is 0 Å². The number of carboxylic acids is 1. The van der Waals surface area contributed by atoms with E-state index in [0.717, 1.165) is 6.42 Å². The molecular formula is C10H11NO2. The number of carboxylic acid groups (broad SMARTS) is 1. The Hall–Kier alpha value is -1.12. The van der Waals surface area contributed by atoms with E-state index in [2.05, 4.69) is 11.1 Å². The van der Waals surface area contributed by atoms with E-state index in [-0.39, 0.29) is 5.92 Å². The molecule has 2 saturated carbocycles. The molecule has 3 heteroatoms. The van der Waals surface area contributed by atoms with Gasteiger partial charge in [-0.3, -0.25) is 9.79 Å². The van der Waals surface area contributed by atoms with Crippen molar-refractivity contribution < 1.29 is 9.90 Å². The summed E-state index contributed by atoms with van der Waals surface area (Å²) < 4.78 is 0. The molecule has 1 heterocycles. The minimum atomic E-state index is -0.614. The summed E-state index contributed by atoms with van der Waals surface area (Å²) in [6.45, 7) is 0. The minimum absolute atomic E-state index is 0.0702. The van der Waals surface area contributed by atoms with Crippen molar-refractivity contribution in [1.82, 2.24) is 0 Å². The molecule has 1 N–H and O–H groups in total. The molecule has 68 valence electrons. The average Bonchev–Trinajstić information content (AvgIpc) is 2.71. The first-order chi connectivity index (χ1) is 6.29. The number of fused-ring (bicyclic) bond motifs is 3. The quantitative estimate of drug-likeness (QED) is 0.653. The smallest absolute Gasteiger partial charge is 0.307 e. The Balaban J connectivity index is 1.83. The van der Waals surface area contributed by atoms with Gasteiger partial charge in [0.1, 0.15) is 0 Å². The van der Waals surface area contributed by atoms with Gasteiger partial charge in [-0.05, 0) is 24.2 Å². The summed E-state index contributed by atoms with van der Waals surface area (Å²) in [5, 5.41) is 8.89. The lowest BCUT2D eigenvalue weighted by molar-refractivity contribution is -0.139. The van der Waals surface area contributed by atoms with Crippen LogP contribution in [-0.4, -0.2) is 17.3 Å². The summed E-state index contributed by atoms with van der Waals surface area (Å²) in [5.74, 6) is 1.12. The maximum absolute atomic E-state index is 10.8. The van der Waals surface area contributed by atoms with Crippen LogP contribution in [0.1, 0.15) is 6.42 Å². The highest BCUT2D eigenvalue weighted by atomic mass is 16.4. The SMILES string of the molecule is O=C(O)C1C2CC3C=CN=CC3C21. The molecular weight excluding hydrogens is 166 g/mol. The molecule has 0 saturated heterocycles. The van der Waals surface area contributed by atoms with E-state index in [0.29, 0.717) is 23.7 Å². The Kier molecular flexibility index (Phi) is 1.25. The number of hydrogen-bond acceptors (Lipinski definition) is 2. The molecule has 2 aliphatic carbocycles. The van der Waals surface area contributed by atoms with Gasteiger partial charge in [0.05, 0.1) is 5.92 Å². The molecule has 0 radical (unpaired) electrons. The number of aliphatic carboxylic acids is 1. The zero-order valence-electron chi connectivity index (χ0n) is 7.13. The molecule has 0 aromatic rings. The Morgan fingerprint density at radius 2 is 2.38 bits per heavy atom. The van der Waals surface area contributed by atoms with Crippen molar-refractivity contribution in [3.05, 3.63) is 12.3 Å². The highest BCUT2D eigenvalue weighted by Gasteiger charge is 2.64. The normalized spacial score (nSPS) is 50.0. The van der Waals surface area contributed by atoms with Gasteiger partial charge in [0.15, 0.2) is 0 Å². The lowest BCUT2D eigenvalue weighted by Gasteiger charge is -2.18. The monoisotopic (exact) mass is 177 g/mol. The Morgan fingerprint density at radius 3 is 3.15 bits per heavy atom. The van der Waals surface area contributed by atoms with E-state index in [1.807, 2.05) is 12.4 Å². The van der Waals surface area contributed by atoms with Crippen molar-refractivity contribution >= 4 is 12.2 Å². The predicted octanol–water partition coefficient (Wildman–Crippen LogP) is 1.17. The molecule has 0 bridgehead atoms. The summed E-state index contributed by atoms with van der Waals surface area (Å²) in [5.41, 5.74) is 0. The highest BCUT2D eigenvalue weighted by molar-refractivity contribution is 5.78. The number of allylic oxidation sites excluding steroid dienone is 1. The van der Waals surface area contributed by atoms with Gasteiger partial charge < -0.3 is 5.11 Å². The Labute approximate surface area is 76.2 Å². The fourth-order valence-corrected chi connectivity index (χ4v) is 3.06. The van der Waals surface area contributed by atoms with Crippen molar-refractivity contribution in [2.45, 2.75) is 6.42 Å². The molecule has 5 atom stereocenters. The second kappa shape index (κ2) is 2.22. The fourth-order valence-electron chi connectivity index (χ4n) is 3.06. The number of carbonyl (C=O) groups is 1. The van der Waals surface area contributed by atoms with Crippen molar-refractivity contribution in [1.29, 1.82) is 0 Å². The molecule has 5 unspecified atom stereocenters. The first-order valence-corrected chi connectivity index (χ1v) is 4.72. The zero-order chi connectivity index (χ0) is 9.00. The first-order valence-electron chi connectivity index (χ1n) is 4.72. The van der Waals surface area contributed by atoms with Crippen molar-refractivity contribution in [2.75, 3.05) is 0 Å². The second-order valence-corrected chi connectivity index (χ2v) is 4.22. The molecule has 0 aromatic heterocycles. The lowest BCUT2D eigenvalue weighted by atomic mass is 9.88. The third-order valence-corrected chi connectivity index (χ3v) is 3.68. The third-order valence-electron chi connectivity index (χ3n) is 3.68.